The van der Waals surface area contributed by atoms with E-state index in [1.54, 1.807) is 0 Å². The fraction of sp³-hybridized carbons (Fsp3) is 0.500. The third kappa shape index (κ3) is 8.26. The van der Waals surface area contributed by atoms with Crippen LogP contribution in [-0.2, 0) is 12.8 Å². The van der Waals surface area contributed by atoms with Gasteiger partial charge in [0.25, 0.3) is 0 Å². The van der Waals surface area contributed by atoms with Crippen molar-refractivity contribution >= 4 is 22.8 Å². The molecule has 2 aromatic carbocycles. The minimum absolute atomic E-state index is 0.992. The van der Waals surface area contributed by atoms with Crippen LogP contribution in [0.15, 0.2) is 58.5 Å². The lowest BCUT2D eigenvalue weighted by Crippen LogP contribution is -2.14. The third-order valence-electron chi connectivity index (χ3n) is 5.58. The summed E-state index contributed by atoms with van der Waals surface area (Å²) in [4.78, 5) is 10.2. The maximum atomic E-state index is 5.10. The Kier molecular flexibility index (Phi) is 11.1. The Morgan fingerprint density at radius 1 is 0.533 bits per heavy atom. The van der Waals surface area contributed by atoms with Gasteiger partial charge in [-0.3, -0.25) is 9.98 Å². The normalized spacial score (nSPS) is 12.4. The van der Waals surface area contributed by atoms with Crippen LogP contribution in [0.4, 0.5) is 11.4 Å². The molecule has 0 aromatic heterocycles. The number of aryl methyl sites for hydroxylation is 2. The average Bonchev–Trinajstić information content (AvgIpc) is 2.79. The molecular weight excluding hydrogens is 364 g/mol. The summed E-state index contributed by atoms with van der Waals surface area (Å²) in [5, 5.41) is 0. The Hall–Kier alpha value is -2.22. The van der Waals surface area contributed by atoms with E-state index >= 15 is 0 Å². The number of unbranched alkanes of at least 4 members (excludes halogenated alkanes) is 4. The number of nitrogens with zero attached hydrogens (tertiary/aromatic N) is 2. The van der Waals surface area contributed by atoms with Crippen LogP contribution in [0.25, 0.3) is 0 Å². The van der Waals surface area contributed by atoms with E-state index < -0.39 is 0 Å². The minimum Gasteiger partial charge on any atom is -0.252 e. The maximum absolute atomic E-state index is 5.10. The molecule has 2 nitrogen and oxygen atoms in total. The lowest BCUT2D eigenvalue weighted by molar-refractivity contribution is 0.683. The second-order valence-corrected chi connectivity index (χ2v) is 8.07. The highest BCUT2D eigenvalue weighted by molar-refractivity contribution is 6.43. The van der Waals surface area contributed by atoms with Crippen LogP contribution in [0.3, 0.4) is 0 Å². The van der Waals surface area contributed by atoms with Crippen molar-refractivity contribution in [3.63, 3.8) is 0 Å². The molecule has 0 amide bonds. The predicted molar refractivity (Wildman–Crippen MR) is 134 cm³/mol. The first-order chi connectivity index (χ1) is 14.7. The van der Waals surface area contributed by atoms with E-state index in [2.05, 4.69) is 76.2 Å². The zero-order valence-electron chi connectivity index (χ0n) is 19.6. The fourth-order valence-corrected chi connectivity index (χ4v) is 3.52. The van der Waals surface area contributed by atoms with Crippen molar-refractivity contribution in [2.45, 2.75) is 91.9 Å². The highest BCUT2D eigenvalue weighted by atomic mass is 14.8. The zero-order valence-corrected chi connectivity index (χ0v) is 19.6. The molecule has 30 heavy (non-hydrogen) atoms. The summed E-state index contributed by atoms with van der Waals surface area (Å²) < 4.78 is 0. The van der Waals surface area contributed by atoms with Gasteiger partial charge in [-0.15, -0.1) is 0 Å². The van der Waals surface area contributed by atoms with Gasteiger partial charge in [-0.25, -0.2) is 0 Å². The minimum atomic E-state index is 0.992. The SMILES string of the molecule is CCCCCCC(=Nc1ccc(CC)cc1)C(CCCC)=Nc1ccc(CC)cc1. The molecule has 0 unspecified atom stereocenters. The van der Waals surface area contributed by atoms with Gasteiger partial charge in [0.05, 0.1) is 22.8 Å². The van der Waals surface area contributed by atoms with Gasteiger partial charge < -0.3 is 0 Å². The van der Waals surface area contributed by atoms with Gasteiger partial charge in [0.1, 0.15) is 0 Å². The molecule has 0 fully saturated rings. The first-order valence-corrected chi connectivity index (χ1v) is 12.0. The molecule has 0 atom stereocenters. The average molecular weight is 405 g/mol. The quantitative estimate of drug-likeness (QED) is 0.235. The summed E-state index contributed by atoms with van der Waals surface area (Å²) in [6, 6.07) is 17.4. The molecule has 0 N–H and O–H groups in total. The first kappa shape index (κ1) is 24.1. The first-order valence-electron chi connectivity index (χ1n) is 12.0. The Morgan fingerprint density at radius 2 is 0.967 bits per heavy atom. The lowest BCUT2D eigenvalue weighted by atomic mass is 10.0. The molecule has 0 saturated carbocycles. The molecule has 2 rings (SSSR count). The largest absolute Gasteiger partial charge is 0.252 e. The summed E-state index contributed by atoms with van der Waals surface area (Å²) in [6.45, 7) is 8.89. The summed E-state index contributed by atoms with van der Waals surface area (Å²) in [7, 11) is 0. The van der Waals surface area contributed by atoms with Crippen LogP contribution in [-0.4, -0.2) is 11.4 Å². The van der Waals surface area contributed by atoms with Crippen LogP contribution < -0.4 is 0 Å². The molecule has 0 aliphatic heterocycles. The van der Waals surface area contributed by atoms with E-state index in [1.807, 2.05) is 0 Å². The van der Waals surface area contributed by atoms with E-state index in [1.165, 1.54) is 48.9 Å². The molecule has 162 valence electrons. The second-order valence-electron chi connectivity index (χ2n) is 8.07. The standard InChI is InChI=1S/C28H40N2/c1-5-9-11-12-14-28(30-26-21-17-24(8-4)18-22-26)27(13-10-6-2)29-25-19-15-23(7-3)16-20-25/h15-22H,5-14H2,1-4H3. The Balaban J connectivity index is 2.35. The number of benzene rings is 2. The lowest BCUT2D eigenvalue weighted by Gasteiger charge is -2.12. The van der Waals surface area contributed by atoms with Gasteiger partial charge in [-0.2, -0.15) is 0 Å². The van der Waals surface area contributed by atoms with E-state index in [-0.39, 0.29) is 0 Å². The smallest absolute Gasteiger partial charge is 0.0633 e. The van der Waals surface area contributed by atoms with Crippen LogP contribution in [0.1, 0.15) is 90.2 Å². The molecule has 2 heteroatoms. The van der Waals surface area contributed by atoms with Crippen LogP contribution in [0, 0.1) is 0 Å². The summed E-state index contributed by atoms with van der Waals surface area (Å²) >= 11 is 0. The van der Waals surface area contributed by atoms with Crippen LogP contribution in [0.5, 0.6) is 0 Å². The molecule has 0 aliphatic rings. The Morgan fingerprint density at radius 3 is 1.37 bits per heavy atom. The van der Waals surface area contributed by atoms with Crippen LogP contribution in [0.2, 0.25) is 0 Å². The highest BCUT2D eigenvalue weighted by Gasteiger charge is 2.11. The Labute approximate surface area is 184 Å². The van der Waals surface area contributed by atoms with Gasteiger partial charge >= 0.3 is 0 Å². The predicted octanol–water partition coefficient (Wildman–Crippen LogP) is 8.82. The summed E-state index contributed by atoms with van der Waals surface area (Å²) in [6.07, 6.45) is 11.4. The molecule has 2 aromatic rings. The molecule has 0 saturated heterocycles. The van der Waals surface area contributed by atoms with Gasteiger partial charge in [-0.1, -0.05) is 77.6 Å². The monoisotopic (exact) mass is 404 g/mol. The molecule has 0 spiro atoms. The summed E-state index contributed by atoms with van der Waals surface area (Å²) in [5.74, 6) is 0. The molecule has 0 radical (unpaired) electrons. The van der Waals surface area contributed by atoms with Crippen LogP contribution >= 0.6 is 0 Å². The van der Waals surface area contributed by atoms with Gasteiger partial charge in [0.2, 0.25) is 0 Å². The highest BCUT2D eigenvalue weighted by Crippen LogP contribution is 2.20. The molecular formula is C28H40N2. The Bertz CT molecular complexity index is 782. The number of hydrogen-bond donors (Lipinski definition) is 0. The van der Waals surface area contributed by atoms with E-state index in [0.29, 0.717) is 0 Å². The van der Waals surface area contributed by atoms with Gasteiger partial charge in [0.15, 0.2) is 0 Å². The van der Waals surface area contributed by atoms with Gasteiger partial charge in [-0.05, 0) is 73.9 Å². The molecule has 0 bridgehead atoms. The topological polar surface area (TPSA) is 24.7 Å². The second kappa shape index (κ2) is 13.9. The number of hydrogen-bond acceptors (Lipinski definition) is 2. The van der Waals surface area contributed by atoms with Crippen molar-refractivity contribution in [3.05, 3.63) is 59.7 Å². The van der Waals surface area contributed by atoms with E-state index in [9.17, 15) is 0 Å². The number of rotatable bonds is 13. The maximum Gasteiger partial charge on any atom is 0.0633 e. The zero-order chi connectivity index (χ0) is 21.6. The third-order valence-corrected chi connectivity index (χ3v) is 5.58. The van der Waals surface area contributed by atoms with Crippen molar-refractivity contribution in [1.82, 2.24) is 0 Å². The number of aliphatic imine (C=N–C) groups is 2. The molecule has 0 heterocycles. The van der Waals surface area contributed by atoms with Crippen molar-refractivity contribution in [1.29, 1.82) is 0 Å². The van der Waals surface area contributed by atoms with E-state index in [4.69, 9.17) is 9.98 Å². The fourth-order valence-electron chi connectivity index (χ4n) is 3.52. The van der Waals surface area contributed by atoms with Crippen molar-refractivity contribution in [2.75, 3.05) is 0 Å². The summed E-state index contributed by atoms with van der Waals surface area (Å²) in [5.41, 5.74) is 7.13. The van der Waals surface area contributed by atoms with Gasteiger partial charge in [0, 0.05) is 0 Å². The van der Waals surface area contributed by atoms with Crippen molar-refractivity contribution < 1.29 is 0 Å². The van der Waals surface area contributed by atoms with E-state index in [0.717, 1.165) is 49.2 Å². The van der Waals surface area contributed by atoms with Crippen molar-refractivity contribution in [3.8, 4) is 0 Å². The van der Waals surface area contributed by atoms with Crippen molar-refractivity contribution in [2.24, 2.45) is 9.98 Å². The molecule has 0 aliphatic carbocycles.